The average Bonchev–Trinajstić information content (AvgIpc) is 2.68. The Hall–Kier alpha value is -2.82. The quantitative estimate of drug-likeness (QED) is 0.901. The standard InChI is InChI=1S/C22H27N3O2/c1-16-4-6-18(7-5-16)22(27)25-14-12-17(13-15-25)21(26)23-19-8-10-20(11-9-19)24(2)3/h4-11,17H,12-15H2,1-3H3,(H,23,26). The maximum absolute atomic E-state index is 12.6. The number of hydrogen-bond donors (Lipinski definition) is 1. The number of aryl methyl sites for hydroxylation is 1. The third-order valence-corrected chi connectivity index (χ3v) is 5.10. The van der Waals surface area contributed by atoms with Crippen molar-refractivity contribution in [1.29, 1.82) is 0 Å². The minimum atomic E-state index is -0.0550. The average molecular weight is 365 g/mol. The molecule has 1 heterocycles. The van der Waals surface area contributed by atoms with Crippen LogP contribution in [0.1, 0.15) is 28.8 Å². The molecule has 0 saturated carbocycles. The molecule has 2 amide bonds. The SMILES string of the molecule is Cc1ccc(C(=O)N2CCC(C(=O)Nc3ccc(N(C)C)cc3)CC2)cc1. The molecule has 0 aromatic heterocycles. The molecule has 1 N–H and O–H groups in total. The van der Waals surface area contributed by atoms with Crippen molar-refractivity contribution in [2.75, 3.05) is 37.4 Å². The van der Waals surface area contributed by atoms with Gasteiger partial charge >= 0.3 is 0 Å². The molecule has 5 nitrogen and oxygen atoms in total. The van der Waals surface area contributed by atoms with Gasteiger partial charge in [0.2, 0.25) is 5.91 Å². The largest absolute Gasteiger partial charge is 0.378 e. The fraction of sp³-hybridized carbons (Fsp3) is 0.364. The molecule has 3 rings (SSSR count). The zero-order valence-corrected chi connectivity index (χ0v) is 16.2. The molecule has 2 aromatic carbocycles. The Labute approximate surface area is 161 Å². The van der Waals surface area contributed by atoms with E-state index in [0.717, 1.165) is 16.9 Å². The highest BCUT2D eigenvalue weighted by Crippen LogP contribution is 2.22. The fourth-order valence-electron chi connectivity index (χ4n) is 3.31. The van der Waals surface area contributed by atoms with E-state index < -0.39 is 0 Å². The summed E-state index contributed by atoms with van der Waals surface area (Å²) < 4.78 is 0. The Morgan fingerprint density at radius 1 is 0.963 bits per heavy atom. The Morgan fingerprint density at radius 2 is 1.56 bits per heavy atom. The molecule has 1 fully saturated rings. The van der Waals surface area contributed by atoms with Crippen LogP contribution in [-0.2, 0) is 4.79 Å². The van der Waals surface area contributed by atoms with Crippen molar-refractivity contribution in [3.63, 3.8) is 0 Å². The number of nitrogens with zero attached hydrogens (tertiary/aromatic N) is 2. The number of likely N-dealkylation sites (tertiary alicyclic amines) is 1. The van der Waals surface area contributed by atoms with E-state index in [-0.39, 0.29) is 17.7 Å². The van der Waals surface area contributed by atoms with E-state index >= 15 is 0 Å². The molecule has 5 heteroatoms. The second-order valence-corrected chi connectivity index (χ2v) is 7.36. The molecule has 1 aliphatic heterocycles. The summed E-state index contributed by atoms with van der Waals surface area (Å²) in [6.45, 7) is 3.24. The molecular formula is C22H27N3O2. The predicted octanol–water partition coefficient (Wildman–Crippen LogP) is 3.55. The zero-order valence-electron chi connectivity index (χ0n) is 16.2. The first kappa shape index (κ1) is 19.0. The number of amides is 2. The molecule has 1 saturated heterocycles. The van der Waals surface area contributed by atoms with E-state index in [2.05, 4.69) is 5.32 Å². The zero-order chi connectivity index (χ0) is 19.4. The van der Waals surface area contributed by atoms with Crippen molar-refractivity contribution < 1.29 is 9.59 Å². The molecule has 0 atom stereocenters. The third kappa shape index (κ3) is 4.67. The van der Waals surface area contributed by atoms with E-state index in [1.54, 1.807) is 0 Å². The van der Waals surface area contributed by atoms with Gasteiger partial charge in [0, 0.05) is 50.0 Å². The molecule has 27 heavy (non-hydrogen) atoms. The van der Waals surface area contributed by atoms with Crippen LogP contribution in [0, 0.1) is 12.8 Å². The van der Waals surface area contributed by atoms with Gasteiger partial charge in [0.1, 0.15) is 0 Å². The van der Waals surface area contributed by atoms with Crippen LogP contribution in [0.25, 0.3) is 0 Å². The minimum absolute atomic E-state index is 0.0371. The van der Waals surface area contributed by atoms with E-state index in [9.17, 15) is 9.59 Å². The molecule has 1 aliphatic rings. The topological polar surface area (TPSA) is 52.7 Å². The van der Waals surface area contributed by atoms with Gasteiger partial charge in [-0.25, -0.2) is 0 Å². The summed E-state index contributed by atoms with van der Waals surface area (Å²) in [5.74, 6) is 0.0313. The lowest BCUT2D eigenvalue weighted by Crippen LogP contribution is -2.41. The van der Waals surface area contributed by atoms with Crippen LogP contribution in [0.2, 0.25) is 0 Å². The normalized spacial score (nSPS) is 14.7. The number of carbonyl (C=O) groups is 2. The summed E-state index contributed by atoms with van der Waals surface area (Å²) in [5, 5.41) is 3.00. The van der Waals surface area contributed by atoms with Crippen molar-refractivity contribution in [3.8, 4) is 0 Å². The molecule has 0 radical (unpaired) electrons. The number of nitrogens with one attached hydrogen (secondary N) is 1. The van der Waals surface area contributed by atoms with Gasteiger partial charge in [-0.1, -0.05) is 17.7 Å². The summed E-state index contributed by atoms with van der Waals surface area (Å²) in [7, 11) is 3.97. The summed E-state index contributed by atoms with van der Waals surface area (Å²) in [4.78, 5) is 29.0. The number of carbonyl (C=O) groups excluding carboxylic acids is 2. The summed E-state index contributed by atoms with van der Waals surface area (Å²) in [5.41, 5.74) is 3.75. The van der Waals surface area contributed by atoms with Crippen LogP contribution in [-0.4, -0.2) is 43.9 Å². The van der Waals surface area contributed by atoms with Crippen molar-refractivity contribution >= 4 is 23.2 Å². The van der Waals surface area contributed by atoms with E-state index in [1.807, 2.05) is 79.3 Å². The maximum Gasteiger partial charge on any atom is 0.253 e. The number of benzene rings is 2. The second kappa shape index (κ2) is 8.25. The summed E-state index contributed by atoms with van der Waals surface area (Å²) in [6.07, 6.45) is 1.39. The third-order valence-electron chi connectivity index (χ3n) is 5.10. The maximum atomic E-state index is 12.6. The van der Waals surface area contributed by atoms with Gasteiger partial charge in [0.15, 0.2) is 0 Å². The van der Waals surface area contributed by atoms with E-state index in [4.69, 9.17) is 0 Å². The number of hydrogen-bond acceptors (Lipinski definition) is 3. The second-order valence-electron chi connectivity index (χ2n) is 7.36. The Kier molecular flexibility index (Phi) is 5.79. The molecule has 0 aliphatic carbocycles. The molecule has 0 unspecified atom stereocenters. The predicted molar refractivity (Wildman–Crippen MR) is 109 cm³/mol. The van der Waals surface area contributed by atoms with Crippen LogP contribution in [0.4, 0.5) is 11.4 Å². The van der Waals surface area contributed by atoms with Crippen molar-refractivity contribution in [2.24, 2.45) is 5.92 Å². The van der Waals surface area contributed by atoms with Gasteiger partial charge in [0.25, 0.3) is 5.91 Å². The van der Waals surface area contributed by atoms with Crippen LogP contribution in [0.15, 0.2) is 48.5 Å². The number of piperidine rings is 1. The van der Waals surface area contributed by atoms with E-state index in [0.29, 0.717) is 31.5 Å². The molecule has 2 aromatic rings. The lowest BCUT2D eigenvalue weighted by Gasteiger charge is -2.31. The first-order valence-electron chi connectivity index (χ1n) is 9.38. The lowest BCUT2D eigenvalue weighted by atomic mass is 9.95. The minimum Gasteiger partial charge on any atom is -0.378 e. The Bertz CT molecular complexity index is 789. The summed E-state index contributed by atoms with van der Waals surface area (Å²) in [6, 6.07) is 15.5. The Balaban J connectivity index is 1.53. The molecule has 142 valence electrons. The first-order valence-corrected chi connectivity index (χ1v) is 9.38. The van der Waals surface area contributed by atoms with Gasteiger partial charge in [-0.15, -0.1) is 0 Å². The highest BCUT2D eigenvalue weighted by atomic mass is 16.2. The lowest BCUT2D eigenvalue weighted by molar-refractivity contribution is -0.121. The van der Waals surface area contributed by atoms with Crippen molar-refractivity contribution in [3.05, 3.63) is 59.7 Å². The molecular weight excluding hydrogens is 338 g/mol. The van der Waals surface area contributed by atoms with Crippen LogP contribution < -0.4 is 10.2 Å². The molecule has 0 bridgehead atoms. The van der Waals surface area contributed by atoms with Gasteiger partial charge in [-0.3, -0.25) is 9.59 Å². The fourth-order valence-corrected chi connectivity index (χ4v) is 3.31. The van der Waals surface area contributed by atoms with Crippen molar-refractivity contribution in [1.82, 2.24) is 4.90 Å². The van der Waals surface area contributed by atoms with Crippen molar-refractivity contribution in [2.45, 2.75) is 19.8 Å². The molecule has 0 spiro atoms. The van der Waals surface area contributed by atoms with Crippen LogP contribution in [0.3, 0.4) is 0 Å². The summed E-state index contributed by atoms with van der Waals surface area (Å²) >= 11 is 0. The van der Waals surface area contributed by atoms with Gasteiger partial charge < -0.3 is 15.1 Å². The van der Waals surface area contributed by atoms with Gasteiger partial charge in [0.05, 0.1) is 0 Å². The highest BCUT2D eigenvalue weighted by Gasteiger charge is 2.27. The monoisotopic (exact) mass is 365 g/mol. The first-order chi connectivity index (χ1) is 12.9. The Morgan fingerprint density at radius 3 is 2.11 bits per heavy atom. The smallest absolute Gasteiger partial charge is 0.253 e. The van der Waals surface area contributed by atoms with Crippen LogP contribution in [0.5, 0.6) is 0 Å². The number of rotatable bonds is 4. The number of anilines is 2. The highest BCUT2D eigenvalue weighted by molar-refractivity contribution is 5.95. The van der Waals surface area contributed by atoms with Gasteiger partial charge in [-0.2, -0.15) is 0 Å². The van der Waals surface area contributed by atoms with Gasteiger partial charge in [-0.05, 0) is 56.2 Å². The van der Waals surface area contributed by atoms with E-state index in [1.165, 1.54) is 0 Å². The van der Waals surface area contributed by atoms with Crippen LogP contribution >= 0.6 is 0 Å².